The smallest absolute Gasteiger partial charge is 0.255 e. The molecule has 0 aromatic heterocycles. The lowest BCUT2D eigenvalue weighted by molar-refractivity contribution is 0.0974. The van der Waals surface area contributed by atoms with Crippen LogP contribution in [-0.2, 0) is 0 Å². The van der Waals surface area contributed by atoms with Gasteiger partial charge in [-0.3, -0.25) is 4.79 Å². The number of nitrogens with one attached hydrogen (secondary N) is 1. The largest absolute Gasteiger partial charge is 0.492 e. The van der Waals surface area contributed by atoms with Crippen molar-refractivity contribution in [2.75, 3.05) is 18.5 Å². The number of aliphatic hydroxyl groups is 1. The number of carbonyl (C=O) groups is 1. The summed E-state index contributed by atoms with van der Waals surface area (Å²) in [6.07, 6.45) is 0. The number of carbonyl (C=O) groups excluding carboxylic acids is 1. The third kappa shape index (κ3) is 5.85. The van der Waals surface area contributed by atoms with Gasteiger partial charge in [-0.2, -0.15) is 5.26 Å². The van der Waals surface area contributed by atoms with Gasteiger partial charge in [-0.05, 0) is 53.6 Å². The highest BCUT2D eigenvalue weighted by Gasteiger charge is 2.18. The van der Waals surface area contributed by atoms with E-state index in [0.29, 0.717) is 27.6 Å². The number of rotatable bonds is 7. The molecule has 3 rings (SSSR count). The molecule has 3 aromatic carbocycles. The van der Waals surface area contributed by atoms with Crippen molar-refractivity contribution in [3.63, 3.8) is 0 Å². The van der Waals surface area contributed by atoms with Gasteiger partial charge in [0.15, 0.2) is 0 Å². The lowest BCUT2D eigenvalue weighted by atomic mass is 9.96. The van der Waals surface area contributed by atoms with Crippen LogP contribution in [0.1, 0.15) is 29.8 Å². The molecular formula is C25H23ClN2O3. The molecule has 0 unspecified atom stereocenters. The monoisotopic (exact) mass is 434 g/mol. The van der Waals surface area contributed by atoms with Crippen molar-refractivity contribution in [3.8, 4) is 22.9 Å². The van der Waals surface area contributed by atoms with Crippen LogP contribution in [0.5, 0.6) is 5.75 Å². The van der Waals surface area contributed by atoms with Crippen LogP contribution >= 0.6 is 11.6 Å². The predicted octanol–water partition coefficient (Wildman–Crippen LogP) is 5.53. The number of aliphatic hydroxyl groups excluding tert-OH is 1. The zero-order chi connectivity index (χ0) is 22.4. The van der Waals surface area contributed by atoms with E-state index in [1.165, 1.54) is 0 Å². The molecule has 0 aliphatic rings. The molecule has 0 saturated heterocycles. The Morgan fingerprint density at radius 3 is 2.52 bits per heavy atom. The topological polar surface area (TPSA) is 82.3 Å². The van der Waals surface area contributed by atoms with E-state index in [9.17, 15) is 15.2 Å². The normalized spacial score (nSPS) is 10.9. The van der Waals surface area contributed by atoms with Crippen molar-refractivity contribution in [1.82, 2.24) is 0 Å². The quantitative estimate of drug-likeness (QED) is 0.512. The Morgan fingerprint density at radius 1 is 1.10 bits per heavy atom. The highest BCUT2D eigenvalue weighted by molar-refractivity contribution is 6.30. The summed E-state index contributed by atoms with van der Waals surface area (Å²) in [7, 11) is 0. The number of nitriles is 1. The van der Waals surface area contributed by atoms with Gasteiger partial charge in [-0.15, -0.1) is 0 Å². The van der Waals surface area contributed by atoms with Gasteiger partial charge in [-0.1, -0.05) is 49.7 Å². The fourth-order valence-corrected chi connectivity index (χ4v) is 2.95. The minimum Gasteiger partial charge on any atom is -0.492 e. The highest BCUT2D eigenvalue weighted by atomic mass is 35.5. The number of hydrogen-bond acceptors (Lipinski definition) is 4. The van der Waals surface area contributed by atoms with E-state index < -0.39 is 5.41 Å². The molecule has 0 fully saturated rings. The molecule has 6 heteroatoms. The van der Waals surface area contributed by atoms with Crippen LogP contribution in [-0.4, -0.2) is 24.2 Å². The lowest BCUT2D eigenvalue weighted by Crippen LogP contribution is -2.25. The summed E-state index contributed by atoms with van der Waals surface area (Å²) in [6.45, 7) is 3.97. The average Bonchev–Trinajstić information content (AvgIpc) is 2.78. The molecule has 0 aliphatic carbocycles. The first-order chi connectivity index (χ1) is 14.8. The summed E-state index contributed by atoms with van der Waals surface area (Å²) in [5.74, 6) is 0.126. The number of anilines is 1. The van der Waals surface area contributed by atoms with Gasteiger partial charge in [0.2, 0.25) is 0 Å². The lowest BCUT2D eigenvalue weighted by Gasteiger charge is -2.22. The summed E-state index contributed by atoms with van der Waals surface area (Å²) in [5, 5.41) is 22.3. The molecule has 0 aliphatic heterocycles. The van der Waals surface area contributed by atoms with Gasteiger partial charge < -0.3 is 15.2 Å². The second-order valence-corrected chi connectivity index (χ2v) is 8.41. The zero-order valence-corrected chi connectivity index (χ0v) is 18.1. The SMILES string of the molecule is CC(C)(CO)COc1ccc(NC(=O)c2cccc(-c3ccc(Cl)cc3)c2)cc1C#N. The molecule has 0 saturated carbocycles. The van der Waals surface area contributed by atoms with Gasteiger partial charge >= 0.3 is 0 Å². The minimum atomic E-state index is -0.422. The maximum absolute atomic E-state index is 12.8. The standard InChI is InChI=1S/C25H23ClN2O3/c1-25(2,15-29)16-31-23-11-10-22(13-20(23)14-27)28-24(30)19-5-3-4-18(12-19)17-6-8-21(26)9-7-17/h3-13,29H,15-16H2,1-2H3,(H,28,30). The second kappa shape index (κ2) is 9.65. The maximum Gasteiger partial charge on any atom is 0.255 e. The third-order valence-electron chi connectivity index (χ3n) is 4.71. The highest BCUT2D eigenvalue weighted by Crippen LogP contribution is 2.26. The first-order valence-corrected chi connectivity index (χ1v) is 10.1. The van der Waals surface area contributed by atoms with Crippen molar-refractivity contribution < 1.29 is 14.6 Å². The maximum atomic E-state index is 12.8. The summed E-state index contributed by atoms with van der Waals surface area (Å²) in [5.41, 5.74) is 2.73. The molecule has 158 valence electrons. The fourth-order valence-electron chi connectivity index (χ4n) is 2.83. The van der Waals surface area contributed by atoms with Crippen molar-refractivity contribution in [3.05, 3.63) is 82.9 Å². The summed E-state index contributed by atoms with van der Waals surface area (Å²) in [4.78, 5) is 12.8. The van der Waals surface area contributed by atoms with Gasteiger partial charge in [0, 0.05) is 21.7 Å². The van der Waals surface area contributed by atoms with Crippen LogP contribution in [0.25, 0.3) is 11.1 Å². The van der Waals surface area contributed by atoms with Crippen LogP contribution < -0.4 is 10.1 Å². The number of amides is 1. The Kier molecular flexibility index (Phi) is 6.96. The van der Waals surface area contributed by atoms with Crippen molar-refractivity contribution in [2.45, 2.75) is 13.8 Å². The van der Waals surface area contributed by atoms with Crippen LogP contribution in [0.15, 0.2) is 66.7 Å². The Balaban J connectivity index is 1.75. The van der Waals surface area contributed by atoms with Crippen LogP contribution in [0.3, 0.4) is 0 Å². The van der Waals surface area contributed by atoms with Gasteiger partial charge in [0.1, 0.15) is 11.8 Å². The van der Waals surface area contributed by atoms with Crippen molar-refractivity contribution in [2.24, 2.45) is 5.41 Å². The Bertz CT molecular complexity index is 1120. The van der Waals surface area contributed by atoms with E-state index in [1.807, 2.05) is 38.1 Å². The van der Waals surface area contributed by atoms with Crippen LogP contribution in [0.2, 0.25) is 5.02 Å². The average molecular weight is 435 g/mol. The molecule has 0 spiro atoms. The van der Waals surface area contributed by atoms with Crippen molar-refractivity contribution >= 4 is 23.2 Å². The molecule has 3 aromatic rings. The van der Waals surface area contributed by atoms with E-state index >= 15 is 0 Å². The Labute approximate surface area is 186 Å². The van der Waals surface area contributed by atoms with Gasteiger partial charge in [-0.25, -0.2) is 0 Å². The van der Waals surface area contributed by atoms with E-state index in [0.717, 1.165) is 11.1 Å². The molecule has 1 amide bonds. The summed E-state index contributed by atoms with van der Waals surface area (Å²) < 4.78 is 5.70. The molecule has 2 N–H and O–H groups in total. The van der Waals surface area contributed by atoms with Crippen LogP contribution in [0.4, 0.5) is 5.69 Å². The van der Waals surface area contributed by atoms with Gasteiger partial charge in [0.25, 0.3) is 5.91 Å². The molecule has 31 heavy (non-hydrogen) atoms. The number of ether oxygens (including phenoxy) is 1. The number of benzene rings is 3. The molecular weight excluding hydrogens is 412 g/mol. The first kappa shape index (κ1) is 22.4. The second-order valence-electron chi connectivity index (χ2n) is 7.98. The van der Waals surface area contributed by atoms with Gasteiger partial charge in [0.05, 0.1) is 18.8 Å². The van der Waals surface area contributed by atoms with E-state index in [2.05, 4.69) is 11.4 Å². The molecule has 0 atom stereocenters. The minimum absolute atomic E-state index is 0.0297. The zero-order valence-electron chi connectivity index (χ0n) is 17.4. The van der Waals surface area contributed by atoms with Crippen LogP contribution in [0, 0.1) is 16.7 Å². The van der Waals surface area contributed by atoms with E-state index in [4.69, 9.17) is 16.3 Å². The molecule has 5 nitrogen and oxygen atoms in total. The van der Waals surface area contributed by atoms with Crippen molar-refractivity contribution in [1.29, 1.82) is 5.26 Å². The molecule has 0 heterocycles. The Morgan fingerprint density at radius 2 is 1.84 bits per heavy atom. The predicted molar refractivity (Wildman–Crippen MR) is 122 cm³/mol. The molecule has 0 bridgehead atoms. The number of nitrogens with zero attached hydrogens (tertiary/aromatic N) is 1. The van der Waals surface area contributed by atoms with E-state index in [-0.39, 0.29) is 19.1 Å². The summed E-state index contributed by atoms with van der Waals surface area (Å²) in [6, 6.07) is 21.7. The number of hydrogen-bond donors (Lipinski definition) is 2. The number of halogens is 1. The fraction of sp³-hybridized carbons (Fsp3) is 0.200. The Hall–Kier alpha value is -3.33. The first-order valence-electron chi connectivity index (χ1n) is 9.76. The van der Waals surface area contributed by atoms with E-state index in [1.54, 1.807) is 42.5 Å². The summed E-state index contributed by atoms with van der Waals surface area (Å²) >= 11 is 5.95. The molecule has 0 radical (unpaired) electrons. The third-order valence-corrected chi connectivity index (χ3v) is 4.96.